The van der Waals surface area contributed by atoms with E-state index in [4.69, 9.17) is 0 Å². The third-order valence-corrected chi connectivity index (χ3v) is 2.30. The Bertz CT molecular complexity index is 375. The van der Waals surface area contributed by atoms with Gasteiger partial charge < -0.3 is 4.74 Å². The standard InChI is InChI=1S/C10H8BrFO3/c1-15-10(14)8(12)9(13)6-2-4-7(11)5-3-6/h2-5,8H,1H3. The maximum atomic E-state index is 13.1. The van der Waals surface area contributed by atoms with E-state index < -0.39 is 17.9 Å². The van der Waals surface area contributed by atoms with Crippen LogP contribution < -0.4 is 0 Å². The summed E-state index contributed by atoms with van der Waals surface area (Å²) in [7, 11) is 1.03. The number of Topliss-reactive ketones (excluding diaryl/α,β-unsaturated/α-hetero) is 1. The van der Waals surface area contributed by atoms with E-state index >= 15 is 0 Å². The molecule has 0 fully saturated rings. The number of methoxy groups -OCH3 is 1. The van der Waals surface area contributed by atoms with E-state index in [0.717, 1.165) is 11.6 Å². The second-order valence-corrected chi connectivity index (χ2v) is 3.67. The largest absolute Gasteiger partial charge is 0.467 e. The smallest absolute Gasteiger partial charge is 0.348 e. The van der Waals surface area contributed by atoms with Crippen LogP contribution in [0, 0.1) is 0 Å². The predicted molar refractivity (Wildman–Crippen MR) is 55.4 cm³/mol. The topological polar surface area (TPSA) is 43.4 Å². The molecule has 80 valence electrons. The number of ether oxygens (including phenoxy) is 1. The summed E-state index contributed by atoms with van der Waals surface area (Å²) in [6.45, 7) is 0. The molecule has 0 heterocycles. The van der Waals surface area contributed by atoms with Gasteiger partial charge in [0, 0.05) is 10.0 Å². The molecule has 0 aromatic heterocycles. The van der Waals surface area contributed by atoms with Crippen LogP contribution in [0.1, 0.15) is 10.4 Å². The van der Waals surface area contributed by atoms with E-state index in [1.165, 1.54) is 12.1 Å². The van der Waals surface area contributed by atoms with E-state index in [1.54, 1.807) is 12.1 Å². The number of carbonyl (C=O) groups excluding carboxylic acids is 2. The average Bonchev–Trinajstić information content (AvgIpc) is 2.27. The van der Waals surface area contributed by atoms with Crippen molar-refractivity contribution in [2.24, 2.45) is 0 Å². The summed E-state index contributed by atoms with van der Waals surface area (Å²) >= 11 is 3.18. The van der Waals surface area contributed by atoms with Gasteiger partial charge in [-0.15, -0.1) is 0 Å². The van der Waals surface area contributed by atoms with Gasteiger partial charge in [-0.05, 0) is 12.1 Å². The number of ketones is 1. The third kappa shape index (κ3) is 2.86. The van der Waals surface area contributed by atoms with Crippen molar-refractivity contribution in [3.05, 3.63) is 34.3 Å². The fourth-order valence-electron chi connectivity index (χ4n) is 0.971. The molecule has 0 radical (unpaired) electrons. The van der Waals surface area contributed by atoms with Crippen molar-refractivity contribution in [3.63, 3.8) is 0 Å². The first-order valence-electron chi connectivity index (χ1n) is 4.08. The highest BCUT2D eigenvalue weighted by Crippen LogP contribution is 2.13. The lowest BCUT2D eigenvalue weighted by atomic mass is 10.1. The summed E-state index contributed by atoms with van der Waals surface area (Å²) in [5, 5.41) is 0. The molecule has 0 saturated carbocycles. The highest BCUT2D eigenvalue weighted by Gasteiger charge is 2.27. The van der Waals surface area contributed by atoms with Crippen LogP contribution in [0.5, 0.6) is 0 Å². The molecule has 1 aromatic rings. The Kier molecular flexibility index (Phi) is 3.96. The van der Waals surface area contributed by atoms with Gasteiger partial charge in [-0.2, -0.15) is 0 Å². The molecule has 0 amide bonds. The van der Waals surface area contributed by atoms with Crippen LogP contribution >= 0.6 is 15.9 Å². The average molecular weight is 275 g/mol. The Morgan fingerprint density at radius 2 is 1.87 bits per heavy atom. The maximum Gasteiger partial charge on any atom is 0.348 e. The van der Waals surface area contributed by atoms with Gasteiger partial charge in [0.2, 0.25) is 5.78 Å². The molecule has 1 aromatic carbocycles. The minimum atomic E-state index is -2.25. The third-order valence-electron chi connectivity index (χ3n) is 1.77. The summed E-state index contributed by atoms with van der Waals surface area (Å²) in [5.74, 6) is -2.07. The van der Waals surface area contributed by atoms with Crippen LogP contribution in [0.2, 0.25) is 0 Å². The number of halogens is 2. The minimum absolute atomic E-state index is 0.135. The zero-order valence-corrected chi connectivity index (χ0v) is 9.45. The van der Waals surface area contributed by atoms with E-state index in [1.807, 2.05) is 0 Å². The van der Waals surface area contributed by atoms with Crippen molar-refractivity contribution >= 4 is 27.7 Å². The van der Waals surface area contributed by atoms with E-state index in [9.17, 15) is 14.0 Å². The first kappa shape index (κ1) is 11.8. The quantitative estimate of drug-likeness (QED) is 0.482. The number of hydrogen-bond acceptors (Lipinski definition) is 3. The summed E-state index contributed by atoms with van der Waals surface area (Å²) in [6.07, 6.45) is -2.25. The number of hydrogen-bond donors (Lipinski definition) is 0. The SMILES string of the molecule is COC(=O)C(F)C(=O)c1ccc(Br)cc1. The first-order valence-corrected chi connectivity index (χ1v) is 4.87. The predicted octanol–water partition coefficient (Wildman–Crippen LogP) is 2.14. The zero-order valence-electron chi connectivity index (χ0n) is 7.87. The lowest BCUT2D eigenvalue weighted by molar-refractivity contribution is -0.144. The Morgan fingerprint density at radius 3 is 2.33 bits per heavy atom. The molecule has 0 spiro atoms. The molecule has 5 heteroatoms. The fourth-order valence-corrected chi connectivity index (χ4v) is 1.24. The van der Waals surface area contributed by atoms with Gasteiger partial charge in [-0.3, -0.25) is 4.79 Å². The van der Waals surface area contributed by atoms with Gasteiger partial charge >= 0.3 is 5.97 Å². The summed E-state index contributed by atoms with van der Waals surface area (Å²) in [5.41, 5.74) is 0.135. The van der Waals surface area contributed by atoms with Gasteiger partial charge in [-0.25, -0.2) is 9.18 Å². The second kappa shape index (κ2) is 5.02. The molecule has 15 heavy (non-hydrogen) atoms. The first-order chi connectivity index (χ1) is 7.06. The lowest BCUT2D eigenvalue weighted by Crippen LogP contribution is -2.26. The Morgan fingerprint density at radius 1 is 1.33 bits per heavy atom. The van der Waals surface area contributed by atoms with Gasteiger partial charge in [0.25, 0.3) is 6.17 Å². The number of esters is 1. The van der Waals surface area contributed by atoms with Crippen molar-refractivity contribution in [2.75, 3.05) is 7.11 Å². The second-order valence-electron chi connectivity index (χ2n) is 2.76. The Balaban J connectivity index is 2.85. The minimum Gasteiger partial charge on any atom is -0.467 e. The van der Waals surface area contributed by atoms with Gasteiger partial charge in [-0.1, -0.05) is 28.1 Å². The van der Waals surface area contributed by atoms with Crippen molar-refractivity contribution in [2.45, 2.75) is 6.17 Å². The Hall–Kier alpha value is -1.23. The molecule has 0 N–H and O–H groups in total. The maximum absolute atomic E-state index is 13.1. The van der Waals surface area contributed by atoms with Crippen LogP contribution in [0.15, 0.2) is 28.7 Å². The van der Waals surface area contributed by atoms with Gasteiger partial charge in [0.1, 0.15) is 0 Å². The van der Waals surface area contributed by atoms with Crippen LogP contribution in [0.25, 0.3) is 0 Å². The molecule has 1 atom stereocenters. The number of benzene rings is 1. The number of carbonyl (C=O) groups is 2. The van der Waals surface area contributed by atoms with Crippen LogP contribution in [-0.4, -0.2) is 25.0 Å². The molecule has 0 aliphatic carbocycles. The molecule has 0 bridgehead atoms. The van der Waals surface area contributed by atoms with E-state index in [2.05, 4.69) is 20.7 Å². The molecule has 0 saturated heterocycles. The van der Waals surface area contributed by atoms with Crippen LogP contribution in [-0.2, 0) is 9.53 Å². The zero-order chi connectivity index (χ0) is 11.4. The highest BCUT2D eigenvalue weighted by molar-refractivity contribution is 9.10. The van der Waals surface area contributed by atoms with Crippen molar-refractivity contribution in [1.82, 2.24) is 0 Å². The van der Waals surface area contributed by atoms with Crippen molar-refractivity contribution in [3.8, 4) is 0 Å². The van der Waals surface area contributed by atoms with E-state index in [0.29, 0.717) is 0 Å². The monoisotopic (exact) mass is 274 g/mol. The van der Waals surface area contributed by atoms with Gasteiger partial charge in [0.15, 0.2) is 0 Å². The number of rotatable bonds is 3. The van der Waals surface area contributed by atoms with E-state index in [-0.39, 0.29) is 5.56 Å². The summed E-state index contributed by atoms with van der Waals surface area (Å²) in [4.78, 5) is 22.1. The lowest BCUT2D eigenvalue weighted by Gasteiger charge is -2.04. The molecule has 3 nitrogen and oxygen atoms in total. The Labute approximate surface area is 94.4 Å². The van der Waals surface area contributed by atoms with Crippen molar-refractivity contribution in [1.29, 1.82) is 0 Å². The summed E-state index contributed by atoms with van der Waals surface area (Å²) < 4.78 is 18.0. The number of alkyl halides is 1. The molecule has 1 rings (SSSR count). The molecule has 1 unspecified atom stereocenters. The molecule has 0 aliphatic heterocycles. The van der Waals surface area contributed by atoms with Gasteiger partial charge in [0.05, 0.1) is 7.11 Å². The summed E-state index contributed by atoms with van der Waals surface area (Å²) in [6, 6.07) is 6.05. The molecular formula is C10H8BrFO3. The normalized spacial score (nSPS) is 11.9. The fraction of sp³-hybridized carbons (Fsp3) is 0.200. The van der Waals surface area contributed by atoms with Crippen LogP contribution in [0.3, 0.4) is 0 Å². The molecular weight excluding hydrogens is 267 g/mol. The highest BCUT2D eigenvalue weighted by atomic mass is 79.9. The van der Waals surface area contributed by atoms with Crippen LogP contribution in [0.4, 0.5) is 4.39 Å². The van der Waals surface area contributed by atoms with Crippen molar-refractivity contribution < 1.29 is 18.7 Å². The molecule has 0 aliphatic rings.